The van der Waals surface area contributed by atoms with Gasteiger partial charge in [0.15, 0.2) is 0 Å². The van der Waals surface area contributed by atoms with Crippen molar-refractivity contribution < 1.29 is 4.74 Å². The van der Waals surface area contributed by atoms with Gasteiger partial charge in [-0.15, -0.1) is 0 Å². The quantitative estimate of drug-likeness (QED) is 0.735. The molecule has 0 saturated heterocycles. The summed E-state index contributed by atoms with van der Waals surface area (Å²) in [5.74, 6) is 2.20. The van der Waals surface area contributed by atoms with Gasteiger partial charge in [0.05, 0.1) is 6.61 Å². The maximum atomic E-state index is 6.12. The Labute approximate surface area is 133 Å². The molecule has 21 heavy (non-hydrogen) atoms. The molecule has 0 aromatic heterocycles. The fraction of sp³-hybridized carbons (Fsp3) is 0.368. The summed E-state index contributed by atoms with van der Waals surface area (Å²) in [6.07, 6.45) is 0. The number of para-hydroxylation sites is 1. The first kappa shape index (κ1) is 16.0. The molecule has 0 fully saturated rings. The third-order valence-electron chi connectivity index (χ3n) is 3.86. The molecule has 2 rings (SSSR count). The highest BCUT2D eigenvalue weighted by Crippen LogP contribution is 2.32. The Bertz CT molecular complexity index is 557. The second kappa shape index (κ2) is 7.04. The smallest absolute Gasteiger partial charge is 0.127 e. The molecular formula is C19H24OS. The predicted octanol–water partition coefficient (Wildman–Crippen LogP) is 5.32. The van der Waals surface area contributed by atoms with Crippen molar-refractivity contribution in [1.29, 1.82) is 0 Å². The van der Waals surface area contributed by atoms with Crippen LogP contribution in [0.3, 0.4) is 0 Å². The SMILES string of the molecule is CC(C)(C)C(CS)COc1ccccc1-c1ccccc1. The number of hydrogen-bond donors (Lipinski definition) is 1. The van der Waals surface area contributed by atoms with E-state index in [4.69, 9.17) is 4.74 Å². The average Bonchev–Trinajstić information content (AvgIpc) is 2.48. The molecule has 0 bridgehead atoms. The molecule has 1 atom stereocenters. The first-order valence-corrected chi connectivity index (χ1v) is 8.03. The van der Waals surface area contributed by atoms with E-state index in [1.807, 2.05) is 18.2 Å². The van der Waals surface area contributed by atoms with Gasteiger partial charge < -0.3 is 4.74 Å². The molecule has 1 unspecified atom stereocenters. The van der Waals surface area contributed by atoms with E-state index in [9.17, 15) is 0 Å². The third-order valence-corrected chi connectivity index (χ3v) is 4.30. The van der Waals surface area contributed by atoms with Crippen molar-refractivity contribution in [2.75, 3.05) is 12.4 Å². The van der Waals surface area contributed by atoms with Gasteiger partial charge in [-0.05, 0) is 22.8 Å². The Morgan fingerprint density at radius 3 is 2.19 bits per heavy atom. The maximum absolute atomic E-state index is 6.12. The van der Waals surface area contributed by atoms with Gasteiger partial charge in [-0.25, -0.2) is 0 Å². The number of hydrogen-bond acceptors (Lipinski definition) is 2. The minimum atomic E-state index is 0.198. The summed E-state index contributed by atoms with van der Waals surface area (Å²) in [4.78, 5) is 0. The van der Waals surface area contributed by atoms with Gasteiger partial charge in [0.1, 0.15) is 5.75 Å². The van der Waals surface area contributed by atoms with Crippen LogP contribution in [0.5, 0.6) is 5.75 Å². The number of benzene rings is 2. The van der Waals surface area contributed by atoms with E-state index in [-0.39, 0.29) is 5.41 Å². The van der Waals surface area contributed by atoms with Crippen LogP contribution >= 0.6 is 12.6 Å². The maximum Gasteiger partial charge on any atom is 0.127 e. The van der Waals surface area contributed by atoms with E-state index >= 15 is 0 Å². The number of ether oxygens (including phenoxy) is 1. The summed E-state index contributed by atoms with van der Waals surface area (Å²) in [7, 11) is 0. The molecule has 1 nitrogen and oxygen atoms in total. The summed E-state index contributed by atoms with van der Waals surface area (Å²) in [5.41, 5.74) is 2.53. The van der Waals surface area contributed by atoms with Crippen molar-refractivity contribution in [1.82, 2.24) is 0 Å². The van der Waals surface area contributed by atoms with Gasteiger partial charge in [-0.1, -0.05) is 69.3 Å². The minimum Gasteiger partial charge on any atom is -0.493 e. The average molecular weight is 300 g/mol. The molecule has 0 spiro atoms. The van der Waals surface area contributed by atoms with Crippen LogP contribution in [0.2, 0.25) is 0 Å². The molecular weight excluding hydrogens is 276 g/mol. The van der Waals surface area contributed by atoms with Crippen LogP contribution in [-0.4, -0.2) is 12.4 Å². The highest BCUT2D eigenvalue weighted by Gasteiger charge is 2.24. The van der Waals surface area contributed by atoms with Crippen LogP contribution in [-0.2, 0) is 0 Å². The molecule has 0 heterocycles. The Morgan fingerprint density at radius 2 is 1.57 bits per heavy atom. The van der Waals surface area contributed by atoms with E-state index < -0.39 is 0 Å². The zero-order valence-electron chi connectivity index (χ0n) is 13.0. The first-order valence-electron chi connectivity index (χ1n) is 7.40. The Hall–Kier alpha value is -1.41. The molecule has 0 radical (unpaired) electrons. The summed E-state index contributed by atoms with van der Waals surface area (Å²) < 4.78 is 6.12. The fourth-order valence-corrected chi connectivity index (χ4v) is 2.87. The van der Waals surface area contributed by atoms with Crippen molar-refractivity contribution >= 4 is 12.6 Å². The Balaban J connectivity index is 2.18. The molecule has 0 aliphatic rings. The highest BCUT2D eigenvalue weighted by atomic mass is 32.1. The number of rotatable bonds is 5. The summed E-state index contributed by atoms with van der Waals surface area (Å²) in [6, 6.07) is 18.6. The van der Waals surface area contributed by atoms with Crippen molar-refractivity contribution in [3.05, 3.63) is 54.6 Å². The molecule has 0 N–H and O–H groups in total. The lowest BCUT2D eigenvalue weighted by Gasteiger charge is -2.29. The van der Waals surface area contributed by atoms with Crippen LogP contribution in [0.4, 0.5) is 0 Å². The lowest BCUT2D eigenvalue weighted by atomic mass is 9.82. The molecule has 2 aromatic carbocycles. The standard InChI is InChI=1S/C19H24OS/c1-19(2,3)16(14-21)13-20-18-12-8-7-11-17(18)15-9-5-4-6-10-15/h4-12,16,21H,13-14H2,1-3H3. The second-order valence-corrected chi connectivity index (χ2v) is 6.78. The van der Waals surface area contributed by atoms with E-state index in [1.165, 1.54) is 5.56 Å². The second-order valence-electron chi connectivity index (χ2n) is 6.42. The van der Waals surface area contributed by atoms with Gasteiger partial charge >= 0.3 is 0 Å². The van der Waals surface area contributed by atoms with Gasteiger partial charge in [0.25, 0.3) is 0 Å². The Kier molecular flexibility index (Phi) is 5.35. The lowest BCUT2D eigenvalue weighted by molar-refractivity contribution is 0.166. The summed E-state index contributed by atoms with van der Waals surface area (Å²) in [6.45, 7) is 7.40. The molecule has 2 heteroatoms. The lowest BCUT2D eigenvalue weighted by Crippen LogP contribution is -2.28. The molecule has 0 saturated carbocycles. The molecule has 0 amide bonds. The minimum absolute atomic E-state index is 0.198. The van der Waals surface area contributed by atoms with Crippen LogP contribution in [0.25, 0.3) is 11.1 Å². The predicted molar refractivity (Wildman–Crippen MR) is 94.2 cm³/mol. The van der Waals surface area contributed by atoms with E-state index in [0.29, 0.717) is 12.5 Å². The zero-order valence-corrected chi connectivity index (χ0v) is 13.9. The molecule has 2 aromatic rings. The van der Waals surface area contributed by atoms with Crippen LogP contribution in [0.1, 0.15) is 20.8 Å². The summed E-state index contributed by atoms with van der Waals surface area (Å²) >= 11 is 4.47. The topological polar surface area (TPSA) is 9.23 Å². The monoisotopic (exact) mass is 300 g/mol. The van der Waals surface area contributed by atoms with Gasteiger partial charge in [-0.3, -0.25) is 0 Å². The van der Waals surface area contributed by atoms with Crippen LogP contribution < -0.4 is 4.74 Å². The Morgan fingerprint density at radius 1 is 0.952 bits per heavy atom. The van der Waals surface area contributed by atoms with Gasteiger partial charge in [0.2, 0.25) is 0 Å². The van der Waals surface area contributed by atoms with Crippen molar-refractivity contribution in [3.63, 3.8) is 0 Å². The van der Waals surface area contributed by atoms with E-state index in [1.54, 1.807) is 0 Å². The van der Waals surface area contributed by atoms with Gasteiger partial charge in [-0.2, -0.15) is 12.6 Å². The van der Waals surface area contributed by atoms with Crippen molar-refractivity contribution in [3.8, 4) is 16.9 Å². The summed E-state index contributed by atoms with van der Waals surface area (Å²) in [5, 5.41) is 0. The zero-order chi connectivity index (χ0) is 15.3. The van der Waals surface area contributed by atoms with E-state index in [0.717, 1.165) is 17.1 Å². The third kappa shape index (κ3) is 4.28. The van der Waals surface area contributed by atoms with E-state index in [2.05, 4.69) is 69.8 Å². The molecule has 0 aliphatic carbocycles. The molecule has 112 valence electrons. The van der Waals surface area contributed by atoms with Crippen LogP contribution in [0, 0.1) is 11.3 Å². The fourth-order valence-electron chi connectivity index (χ4n) is 2.22. The first-order chi connectivity index (χ1) is 10.0. The van der Waals surface area contributed by atoms with Crippen LogP contribution in [0.15, 0.2) is 54.6 Å². The largest absolute Gasteiger partial charge is 0.493 e. The van der Waals surface area contributed by atoms with Crippen molar-refractivity contribution in [2.24, 2.45) is 11.3 Å². The number of thiol groups is 1. The molecule has 0 aliphatic heterocycles. The normalized spacial score (nSPS) is 13.0. The van der Waals surface area contributed by atoms with Crippen molar-refractivity contribution in [2.45, 2.75) is 20.8 Å². The van der Waals surface area contributed by atoms with Gasteiger partial charge in [0, 0.05) is 11.5 Å². The highest BCUT2D eigenvalue weighted by molar-refractivity contribution is 7.80.